The van der Waals surface area contributed by atoms with Gasteiger partial charge in [0.05, 0.1) is 6.21 Å². The van der Waals surface area contributed by atoms with E-state index in [4.69, 9.17) is 0 Å². The Hall–Kier alpha value is -0.570. The predicted molar refractivity (Wildman–Crippen MR) is 43.6 cm³/mol. The number of piperidine rings is 2. The van der Waals surface area contributed by atoms with Crippen LogP contribution in [0.15, 0.2) is 5.16 Å². The first kappa shape index (κ1) is 7.10. The molecule has 0 aromatic carbocycles. The zero-order valence-corrected chi connectivity index (χ0v) is 6.92. The molecule has 2 bridgehead atoms. The van der Waals surface area contributed by atoms with Gasteiger partial charge >= 0.3 is 0 Å². The van der Waals surface area contributed by atoms with Crippen LogP contribution >= 0.6 is 0 Å². The Balaban J connectivity index is 1.96. The van der Waals surface area contributed by atoms with Gasteiger partial charge in [0.2, 0.25) is 0 Å². The van der Waals surface area contributed by atoms with Crippen LogP contribution in [0.1, 0.15) is 12.8 Å². The molecule has 0 aliphatic carbocycles. The van der Waals surface area contributed by atoms with E-state index in [1.807, 2.05) is 6.21 Å². The van der Waals surface area contributed by atoms with Gasteiger partial charge in [-0.15, -0.1) is 0 Å². The number of nitrogens with zero attached hydrogens (tertiary/aromatic N) is 2. The second-order valence-corrected chi connectivity index (χ2v) is 3.59. The SMILES string of the molecule is CON=CC12CCCN(C1)C2. The van der Waals surface area contributed by atoms with E-state index < -0.39 is 0 Å². The monoisotopic (exact) mass is 154 g/mol. The summed E-state index contributed by atoms with van der Waals surface area (Å²) in [7, 11) is 1.60. The van der Waals surface area contributed by atoms with Crippen LogP contribution in [0.2, 0.25) is 0 Å². The molecule has 0 spiro atoms. The lowest BCUT2D eigenvalue weighted by Gasteiger charge is -2.52. The average molecular weight is 154 g/mol. The van der Waals surface area contributed by atoms with Gasteiger partial charge in [-0.2, -0.15) is 0 Å². The van der Waals surface area contributed by atoms with E-state index in [0.29, 0.717) is 5.41 Å². The lowest BCUT2D eigenvalue weighted by atomic mass is 9.73. The fourth-order valence-electron chi connectivity index (χ4n) is 2.13. The van der Waals surface area contributed by atoms with Gasteiger partial charge in [0.1, 0.15) is 7.11 Å². The second-order valence-electron chi connectivity index (χ2n) is 3.59. The number of hydrogen-bond donors (Lipinski definition) is 0. The topological polar surface area (TPSA) is 24.8 Å². The van der Waals surface area contributed by atoms with E-state index in [0.717, 1.165) is 0 Å². The third-order valence-electron chi connectivity index (χ3n) is 2.66. The summed E-state index contributed by atoms with van der Waals surface area (Å²) in [5.74, 6) is 0. The highest BCUT2D eigenvalue weighted by Crippen LogP contribution is 2.38. The van der Waals surface area contributed by atoms with Crippen LogP contribution in [-0.4, -0.2) is 37.9 Å². The first-order chi connectivity index (χ1) is 5.35. The Morgan fingerprint density at radius 3 is 2.91 bits per heavy atom. The summed E-state index contributed by atoms with van der Waals surface area (Å²) in [4.78, 5) is 7.15. The molecular formula is C8H14N2O. The maximum absolute atomic E-state index is 4.69. The summed E-state index contributed by atoms with van der Waals surface area (Å²) in [6, 6.07) is 0. The van der Waals surface area contributed by atoms with Crippen LogP contribution in [0.25, 0.3) is 0 Å². The van der Waals surface area contributed by atoms with Crippen molar-refractivity contribution in [2.24, 2.45) is 10.6 Å². The highest BCUT2D eigenvalue weighted by molar-refractivity contribution is 5.67. The number of fused-ring (bicyclic) bond motifs is 2. The lowest BCUT2D eigenvalue weighted by Crippen LogP contribution is -2.60. The number of rotatable bonds is 2. The minimum Gasteiger partial charge on any atom is -0.399 e. The van der Waals surface area contributed by atoms with Crippen molar-refractivity contribution in [1.82, 2.24) is 4.90 Å². The van der Waals surface area contributed by atoms with Gasteiger partial charge in [0.25, 0.3) is 0 Å². The fourth-order valence-corrected chi connectivity index (χ4v) is 2.13. The van der Waals surface area contributed by atoms with E-state index in [1.165, 1.54) is 32.5 Å². The van der Waals surface area contributed by atoms with Gasteiger partial charge in [-0.05, 0) is 19.4 Å². The van der Waals surface area contributed by atoms with Gasteiger partial charge in [-0.3, -0.25) is 0 Å². The van der Waals surface area contributed by atoms with Crippen molar-refractivity contribution < 1.29 is 4.84 Å². The van der Waals surface area contributed by atoms with Crippen LogP contribution in [-0.2, 0) is 4.84 Å². The van der Waals surface area contributed by atoms with Crippen LogP contribution < -0.4 is 0 Å². The Labute approximate surface area is 67.0 Å². The van der Waals surface area contributed by atoms with E-state index in [2.05, 4.69) is 14.9 Å². The van der Waals surface area contributed by atoms with Crippen molar-refractivity contribution in [2.75, 3.05) is 26.7 Å². The van der Waals surface area contributed by atoms with Crippen molar-refractivity contribution in [3.05, 3.63) is 0 Å². The molecule has 0 saturated carbocycles. The van der Waals surface area contributed by atoms with Crippen molar-refractivity contribution >= 4 is 6.21 Å². The molecule has 3 nitrogen and oxygen atoms in total. The zero-order valence-electron chi connectivity index (χ0n) is 6.92. The molecule has 0 aromatic heterocycles. The summed E-state index contributed by atoms with van der Waals surface area (Å²) >= 11 is 0. The molecule has 3 rings (SSSR count). The standard InChI is InChI=1S/C8H14N2O/c1-11-9-5-8-3-2-4-10(6-8)7-8/h5H,2-4,6-7H2,1H3. The van der Waals surface area contributed by atoms with Gasteiger partial charge in [-0.25, -0.2) is 0 Å². The van der Waals surface area contributed by atoms with Gasteiger partial charge in [-0.1, -0.05) is 5.16 Å². The molecule has 0 aromatic rings. The molecule has 3 fully saturated rings. The highest BCUT2D eigenvalue weighted by Gasteiger charge is 2.44. The molecule has 3 heteroatoms. The third kappa shape index (κ3) is 1.13. The fraction of sp³-hybridized carbons (Fsp3) is 0.875. The minimum absolute atomic E-state index is 0.383. The quantitative estimate of drug-likeness (QED) is 0.432. The molecule has 0 radical (unpaired) electrons. The largest absolute Gasteiger partial charge is 0.399 e. The molecule has 3 aliphatic heterocycles. The Morgan fingerprint density at radius 1 is 1.55 bits per heavy atom. The average Bonchev–Trinajstić information content (AvgIpc) is 2.01. The molecule has 3 heterocycles. The molecule has 62 valence electrons. The van der Waals surface area contributed by atoms with E-state index in [1.54, 1.807) is 7.11 Å². The van der Waals surface area contributed by atoms with Gasteiger partial charge in [0, 0.05) is 18.5 Å². The van der Waals surface area contributed by atoms with E-state index >= 15 is 0 Å². The maximum atomic E-state index is 4.69. The van der Waals surface area contributed by atoms with Crippen LogP contribution in [0, 0.1) is 5.41 Å². The first-order valence-corrected chi connectivity index (χ1v) is 4.15. The second kappa shape index (κ2) is 2.48. The Bertz CT molecular complexity index is 167. The minimum atomic E-state index is 0.383. The normalized spacial score (nSPS) is 42.1. The van der Waals surface area contributed by atoms with E-state index in [9.17, 15) is 0 Å². The van der Waals surface area contributed by atoms with Gasteiger partial charge in [0.15, 0.2) is 0 Å². The zero-order chi connectivity index (χ0) is 7.73. The summed E-state index contributed by atoms with van der Waals surface area (Å²) in [6.45, 7) is 3.67. The van der Waals surface area contributed by atoms with Gasteiger partial charge < -0.3 is 9.74 Å². The molecule has 0 N–H and O–H groups in total. The van der Waals surface area contributed by atoms with E-state index in [-0.39, 0.29) is 0 Å². The summed E-state index contributed by atoms with van der Waals surface area (Å²) in [6.07, 6.45) is 4.59. The molecule has 0 atom stereocenters. The summed E-state index contributed by atoms with van der Waals surface area (Å²) < 4.78 is 0. The van der Waals surface area contributed by atoms with Crippen molar-refractivity contribution in [2.45, 2.75) is 12.8 Å². The Morgan fingerprint density at radius 2 is 2.36 bits per heavy atom. The maximum Gasteiger partial charge on any atom is 0.106 e. The first-order valence-electron chi connectivity index (χ1n) is 4.15. The summed E-state index contributed by atoms with van der Waals surface area (Å²) in [5.41, 5.74) is 0.383. The predicted octanol–water partition coefficient (Wildman–Crippen LogP) is 0.714. The number of hydrogen-bond acceptors (Lipinski definition) is 3. The molecule has 3 saturated heterocycles. The molecule has 3 aliphatic rings. The smallest absolute Gasteiger partial charge is 0.106 e. The van der Waals surface area contributed by atoms with Crippen molar-refractivity contribution in [3.8, 4) is 0 Å². The molecule has 0 unspecified atom stereocenters. The molecular weight excluding hydrogens is 140 g/mol. The van der Waals surface area contributed by atoms with Crippen molar-refractivity contribution in [3.63, 3.8) is 0 Å². The van der Waals surface area contributed by atoms with Crippen LogP contribution in [0.3, 0.4) is 0 Å². The van der Waals surface area contributed by atoms with Crippen molar-refractivity contribution in [1.29, 1.82) is 0 Å². The highest BCUT2D eigenvalue weighted by atomic mass is 16.6. The molecule has 0 amide bonds. The summed E-state index contributed by atoms with van der Waals surface area (Å²) in [5, 5.41) is 3.85. The third-order valence-corrected chi connectivity index (χ3v) is 2.66. The number of oxime groups is 1. The Kier molecular flexibility index (Phi) is 1.60. The van der Waals surface area contributed by atoms with Crippen LogP contribution in [0.4, 0.5) is 0 Å². The van der Waals surface area contributed by atoms with Crippen LogP contribution in [0.5, 0.6) is 0 Å². The molecule has 11 heavy (non-hydrogen) atoms. The lowest BCUT2D eigenvalue weighted by molar-refractivity contribution is 0.00564.